The minimum Gasteiger partial charge on any atom is -0.368 e. The fourth-order valence-corrected chi connectivity index (χ4v) is 2.62. The van der Waals surface area contributed by atoms with E-state index in [4.69, 9.17) is 23.1 Å². The quantitative estimate of drug-likeness (QED) is 0.706. The molecule has 2 aromatic rings. The van der Waals surface area contributed by atoms with Crippen molar-refractivity contribution in [2.75, 3.05) is 11.5 Å². The molecule has 0 aliphatic carbocycles. The predicted octanol–water partition coefficient (Wildman–Crippen LogP) is 1.49. The summed E-state index contributed by atoms with van der Waals surface area (Å²) in [5, 5.41) is 3.32. The third-order valence-corrected chi connectivity index (χ3v) is 4.04. The number of benzene rings is 1. The molecule has 9 heteroatoms. The van der Waals surface area contributed by atoms with Crippen molar-refractivity contribution < 1.29 is 4.79 Å². The van der Waals surface area contributed by atoms with Crippen LogP contribution < -0.4 is 16.8 Å². The summed E-state index contributed by atoms with van der Waals surface area (Å²) in [4.78, 5) is 23.6. The van der Waals surface area contributed by atoms with Crippen molar-refractivity contribution in [1.29, 1.82) is 0 Å². The maximum absolute atomic E-state index is 12.1. The predicted molar refractivity (Wildman–Crippen MR) is 87.3 cm³/mol. The number of thioether (sulfide) groups is 1. The lowest BCUT2D eigenvalue weighted by atomic mass is 10.2. The molecule has 0 unspecified atom stereocenters. The van der Waals surface area contributed by atoms with Crippen molar-refractivity contribution >= 4 is 41.2 Å². The lowest BCUT2D eigenvalue weighted by Crippen LogP contribution is -2.30. The second-order valence-corrected chi connectivity index (χ2v) is 6.12. The normalized spacial score (nSPS) is 11.9. The number of amides is 1. The Balaban J connectivity index is 1.93. The number of nitrogens with zero attached hydrogens (tertiary/aromatic N) is 3. The summed E-state index contributed by atoms with van der Waals surface area (Å²) in [5.41, 5.74) is 11.8. The third kappa shape index (κ3) is 4.47. The first-order valence-corrected chi connectivity index (χ1v) is 7.66. The van der Waals surface area contributed by atoms with E-state index < -0.39 is 5.25 Å². The van der Waals surface area contributed by atoms with E-state index >= 15 is 0 Å². The molecule has 22 heavy (non-hydrogen) atoms. The summed E-state index contributed by atoms with van der Waals surface area (Å²) in [5.74, 6) is -0.111. The Bertz CT molecular complexity index is 663. The zero-order chi connectivity index (χ0) is 16.1. The van der Waals surface area contributed by atoms with Crippen LogP contribution in [0.3, 0.4) is 0 Å². The Kier molecular flexibility index (Phi) is 5.40. The van der Waals surface area contributed by atoms with E-state index in [2.05, 4.69) is 20.3 Å². The second kappa shape index (κ2) is 7.28. The number of hydrogen-bond donors (Lipinski definition) is 3. The zero-order valence-electron chi connectivity index (χ0n) is 11.8. The molecule has 1 atom stereocenters. The first-order valence-electron chi connectivity index (χ1n) is 6.40. The molecule has 2 rings (SSSR count). The van der Waals surface area contributed by atoms with Gasteiger partial charge in [0.1, 0.15) is 0 Å². The van der Waals surface area contributed by atoms with Crippen LogP contribution in [0.5, 0.6) is 0 Å². The molecule has 1 aromatic heterocycles. The Labute approximate surface area is 136 Å². The number of halogens is 1. The maximum atomic E-state index is 12.1. The third-order valence-electron chi connectivity index (χ3n) is 2.71. The van der Waals surface area contributed by atoms with Crippen LogP contribution in [-0.4, -0.2) is 26.1 Å². The van der Waals surface area contributed by atoms with Crippen molar-refractivity contribution in [3.63, 3.8) is 0 Å². The molecule has 0 spiro atoms. The minimum absolute atomic E-state index is 0.0266. The van der Waals surface area contributed by atoms with E-state index in [9.17, 15) is 4.79 Å². The Hall–Kier alpha value is -2.06. The number of nitrogen functional groups attached to an aromatic ring is 2. The van der Waals surface area contributed by atoms with Gasteiger partial charge in [0.25, 0.3) is 0 Å². The van der Waals surface area contributed by atoms with Gasteiger partial charge in [-0.15, -0.1) is 0 Å². The van der Waals surface area contributed by atoms with Gasteiger partial charge < -0.3 is 16.8 Å². The van der Waals surface area contributed by atoms with Crippen molar-refractivity contribution in [1.82, 2.24) is 20.3 Å². The van der Waals surface area contributed by atoms with Crippen molar-refractivity contribution in [3.05, 3.63) is 34.9 Å². The Morgan fingerprint density at radius 1 is 1.27 bits per heavy atom. The van der Waals surface area contributed by atoms with E-state index in [0.29, 0.717) is 16.7 Å². The first kappa shape index (κ1) is 16.3. The standard InChI is InChI=1S/C13H15ClN6OS/c1-7(22-13-19-11(15)18-12(16)20-13)10(21)17-6-8-4-2-3-5-9(8)14/h2-5,7H,6H2,1H3,(H,17,21)(H4,15,16,18,19,20)/t7-/m0/s1. The number of aromatic nitrogens is 3. The van der Waals surface area contributed by atoms with E-state index in [-0.39, 0.29) is 17.8 Å². The molecule has 0 aliphatic rings. The average Bonchev–Trinajstić information content (AvgIpc) is 2.45. The Morgan fingerprint density at radius 2 is 1.91 bits per heavy atom. The summed E-state index contributed by atoms with van der Waals surface area (Å²) >= 11 is 7.19. The SMILES string of the molecule is C[C@H](Sc1nc(N)nc(N)n1)C(=O)NCc1ccccc1Cl. The highest BCUT2D eigenvalue weighted by Gasteiger charge is 2.17. The second-order valence-electron chi connectivity index (χ2n) is 4.40. The number of hydrogen-bond acceptors (Lipinski definition) is 7. The van der Waals surface area contributed by atoms with Gasteiger partial charge in [-0.25, -0.2) is 0 Å². The van der Waals surface area contributed by atoms with E-state index in [1.165, 1.54) is 0 Å². The molecule has 0 radical (unpaired) electrons. The maximum Gasteiger partial charge on any atom is 0.233 e. The van der Waals surface area contributed by atoms with E-state index in [0.717, 1.165) is 17.3 Å². The molecule has 1 heterocycles. The number of carbonyl (C=O) groups excluding carboxylic acids is 1. The van der Waals surface area contributed by atoms with E-state index in [1.54, 1.807) is 13.0 Å². The number of anilines is 2. The number of rotatable bonds is 5. The van der Waals surface area contributed by atoms with Gasteiger partial charge in [-0.2, -0.15) is 15.0 Å². The lowest BCUT2D eigenvalue weighted by molar-refractivity contribution is -0.120. The highest BCUT2D eigenvalue weighted by molar-refractivity contribution is 8.00. The van der Waals surface area contributed by atoms with Gasteiger partial charge in [-0.3, -0.25) is 4.79 Å². The number of nitrogens with one attached hydrogen (secondary N) is 1. The molecule has 0 saturated carbocycles. The number of nitrogens with two attached hydrogens (primary N) is 2. The Morgan fingerprint density at radius 3 is 2.55 bits per heavy atom. The minimum atomic E-state index is -0.413. The van der Waals surface area contributed by atoms with Crippen LogP contribution in [-0.2, 0) is 11.3 Å². The van der Waals surface area contributed by atoms with Gasteiger partial charge in [0.2, 0.25) is 17.8 Å². The summed E-state index contributed by atoms with van der Waals surface area (Å²) < 4.78 is 0. The van der Waals surface area contributed by atoms with Crippen LogP contribution in [0.25, 0.3) is 0 Å². The average molecular weight is 339 g/mol. The smallest absolute Gasteiger partial charge is 0.233 e. The lowest BCUT2D eigenvalue weighted by Gasteiger charge is -2.12. The largest absolute Gasteiger partial charge is 0.368 e. The van der Waals surface area contributed by atoms with Crippen molar-refractivity contribution in [3.8, 4) is 0 Å². The van der Waals surface area contributed by atoms with Crippen LogP contribution in [0.15, 0.2) is 29.4 Å². The molecule has 0 saturated heterocycles. The van der Waals surface area contributed by atoms with Crippen molar-refractivity contribution in [2.45, 2.75) is 23.9 Å². The number of carbonyl (C=O) groups is 1. The molecule has 5 N–H and O–H groups in total. The molecular formula is C13H15ClN6OS. The van der Waals surface area contributed by atoms with Gasteiger partial charge in [-0.1, -0.05) is 41.6 Å². The van der Waals surface area contributed by atoms with Crippen LogP contribution >= 0.6 is 23.4 Å². The fraction of sp³-hybridized carbons (Fsp3) is 0.231. The van der Waals surface area contributed by atoms with Crippen LogP contribution in [0.4, 0.5) is 11.9 Å². The van der Waals surface area contributed by atoms with Crippen LogP contribution in [0.1, 0.15) is 12.5 Å². The molecule has 0 fully saturated rings. The van der Waals surface area contributed by atoms with Gasteiger partial charge in [0, 0.05) is 11.6 Å². The summed E-state index contributed by atoms with van der Waals surface area (Å²) in [7, 11) is 0. The topological polar surface area (TPSA) is 120 Å². The molecule has 1 aromatic carbocycles. The zero-order valence-corrected chi connectivity index (χ0v) is 13.4. The molecule has 0 bridgehead atoms. The van der Waals surface area contributed by atoms with Crippen LogP contribution in [0, 0.1) is 0 Å². The highest BCUT2D eigenvalue weighted by Crippen LogP contribution is 2.21. The van der Waals surface area contributed by atoms with Crippen molar-refractivity contribution in [2.24, 2.45) is 0 Å². The fourth-order valence-electron chi connectivity index (χ4n) is 1.62. The molecular weight excluding hydrogens is 324 g/mol. The van der Waals surface area contributed by atoms with E-state index in [1.807, 2.05) is 18.2 Å². The van der Waals surface area contributed by atoms with Gasteiger partial charge in [-0.05, 0) is 18.6 Å². The van der Waals surface area contributed by atoms with Crippen LogP contribution in [0.2, 0.25) is 5.02 Å². The van der Waals surface area contributed by atoms with Gasteiger partial charge in [0.15, 0.2) is 5.16 Å². The summed E-state index contributed by atoms with van der Waals surface area (Å²) in [6.07, 6.45) is 0. The monoisotopic (exact) mass is 338 g/mol. The molecule has 7 nitrogen and oxygen atoms in total. The molecule has 1 amide bonds. The van der Waals surface area contributed by atoms with Gasteiger partial charge >= 0.3 is 0 Å². The summed E-state index contributed by atoms with van der Waals surface area (Å²) in [6.45, 7) is 2.09. The van der Waals surface area contributed by atoms with Gasteiger partial charge in [0.05, 0.1) is 5.25 Å². The molecule has 116 valence electrons. The molecule has 0 aliphatic heterocycles. The summed E-state index contributed by atoms with van der Waals surface area (Å²) in [6, 6.07) is 7.33. The first-order chi connectivity index (χ1) is 10.5. The highest BCUT2D eigenvalue weighted by atomic mass is 35.5.